The number of hydrogen-bond donors (Lipinski definition) is 3. The lowest BCUT2D eigenvalue weighted by Gasteiger charge is -2.32. The minimum absolute atomic E-state index is 0.0580. The van der Waals surface area contributed by atoms with Crippen molar-refractivity contribution >= 4 is 17.5 Å². The number of hydrogen-bond acceptors (Lipinski definition) is 6. The summed E-state index contributed by atoms with van der Waals surface area (Å²) in [5.74, 6) is -0.146. The number of nitrogen functional groups attached to an aromatic ring is 1. The molecule has 4 N–H and O–H groups in total. The normalized spacial score (nSPS) is 21.0. The largest absolute Gasteiger partial charge is 0.491 e. The highest BCUT2D eigenvalue weighted by molar-refractivity contribution is 6.00. The molecule has 1 aliphatic rings. The molecule has 1 saturated heterocycles. The Bertz CT molecular complexity index is 535. The molecule has 0 saturated carbocycles. The van der Waals surface area contributed by atoms with E-state index in [0.717, 1.165) is 0 Å². The second-order valence-electron chi connectivity index (χ2n) is 5.06. The van der Waals surface area contributed by atoms with Crippen LogP contribution in [-0.2, 0) is 9.59 Å². The molecule has 21 heavy (non-hydrogen) atoms. The molecular formula is C14H19N3O4. The lowest BCUT2D eigenvalue weighted by molar-refractivity contribution is -0.140. The van der Waals surface area contributed by atoms with Gasteiger partial charge in [-0.2, -0.15) is 0 Å². The van der Waals surface area contributed by atoms with Crippen LogP contribution >= 0.6 is 0 Å². The Morgan fingerprint density at radius 3 is 3.00 bits per heavy atom. The summed E-state index contributed by atoms with van der Waals surface area (Å²) >= 11 is 0. The van der Waals surface area contributed by atoms with Gasteiger partial charge in [-0.15, -0.1) is 0 Å². The molecule has 2 amide bonds. The number of rotatable bonds is 5. The Hall–Kier alpha value is -2.12. The molecule has 7 nitrogen and oxygen atoms in total. The number of nitrogens with two attached hydrogens (primary N) is 1. The first kappa shape index (κ1) is 15.3. The van der Waals surface area contributed by atoms with Gasteiger partial charge in [0, 0.05) is 18.3 Å². The summed E-state index contributed by atoms with van der Waals surface area (Å²) in [7, 11) is 0. The van der Waals surface area contributed by atoms with E-state index in [1.165, 1.54) is 0 Å². The molecule has 1 aliphatic heterocycles. The number of amides is 2. The molecule has 0 radical (unpaired) electrons. The third kappa shape index (κ3) is 4.17. The van der Waals surface area contributed by atoms with Crippen LogP contribution in [0.2, 0.25) is 0 Å². The summed E-state index contributed by atoms with van der Waals surface area (Å²) < 4.78 is 5.44. The minimum atomic E-state index is -0.812. The highest BCUT2D eigenvalue weighted by atomic mass is 16.5. The number of ether oxygens (including phenoxy) is 1. The molecule has 1 aromatic rings. The fourth-order valence-electron chi connectivity index (χ4n) is 2.11. The van der Waals surface area contributed by atoms with Crippen molar-refractivity contribution in [2.24, 2.45) is 0 Å². The predicted octanol–water partition coefficient (Wildman–Crippen LogP) is -0.645. The number of carbonyl (C=O) groups excluding carboxylic acids is 2. The van der Waals surface area contributed by atoms with Crippen LogP contribution in [0.25, 0.3) is 0 Å². The number of aliphatic hydroxyl groups excluding tert-OH is 1. The molecule has 0 aliphatic carbocycles. The Morgan fingerprint density at radius 1 is 1.52 bits per heavy atom. The number of β-amino-alcohol motifs (C(OH)–C–C–N with tert-alkyl or cyclic N) is 1. The lowest BCUT2D eigenvalue weighted by Crippen LogP contribution is -2.58. The zero-order valence-corrected chi connectivity index (χ0v) is 11.8. The van der Waals surface area contributed by atoms with E-state index in [2.05, 4.69) is 5.32 Å². The third-order valence-electron chi connectivity index (χ3n) is 3.28. The minimum Gasteiger partial charge on any atom is -0.491 e. The quantitative estimate of drug-likeness (QED) is 0.492. The van der Waals surface area contributed by atoms with Gasteiger partial charge in [-0.25, -0.2) is 0 Å². The van der Waals surface area contributed by atoms with Crippen LogP contribution in [0.15, 0.2) is 24.3 Å². The molecule has 2 rings (SSSR count). The van der Waals surface area contributed by atoms with Crippen LogP contribution in [0, 0.1) is 0 Å². The number of anilines is 1. The molecule has 0 spiro atoms. The topological polar surface area (TPSA) is 105 Å². The summed E-state index contributed by atoms with van der Waals surface area (Å²) in [6.07, 6.45) is -0.812. The summed E-state index contributed by atoms with van der Waals surface area (Å²) in [6, 6.07) is 6.44. The van der Waals surface area contributed by atoms with Gasteiger partial charge in [0.1, 0.15) is 18.5 Å². The zero-order valence-electron chi connectivity index (χ0n) is 11.8. The molecule has 2 unspecified atom stereocenters. The summed E-state index contributed by atoms with van der Waals surface area (Å²) in [5.41, 5.74) is 6.21. The first-order valence-corrected chi connectivity index (χ1v) is 6.70. The van der Waals surface area contributed by atoms with Crippen molar-refractivity contribution in [1.82, 2.24) is 10.2 Å². The van der Waals surface area contributed by atoms with Crippen molar-refractivity contribution in [3.63, 3.8) is 0 Å². The van der Waals surface area contributed by atoms with E-state index in [1.807, 2.05) is 0 Å². The Balaban J connectivity index is 1.85. The number of carbonyl (C=O) groups is 2. The van der Waals surface area contributed by atoms with Gasteiger partial charge in [0.25, 0.3) is 0 Å². The molecule has 7 heteroatoms. The first-order valence-electron chi connectivity index (χ1n) is 6.70. The highest BCUT2D eigenvalue weighted by Gasteiger charge is 2.31. The molecular weight excluding hydrogens is 274 g/mol. The number of aliphatic hydroxyl groups is 1. The van der Waals surface area contributed by atoms with E-state index in [1.54, 1.807) is 36.1 Å². The maximum atomic E-state index is 11.5. The van der Waals surface area contributed by atoms with Crippen molar-refractivity contribution in [3.05, 3.63) is 24.3 Å². The molecule has 1 heterocycles. The molecule has 0 bridgehead atoms. The van der Waals surface area contributed by atoms with Gasteiger partial charge in [-0.3, -0.25) is 19.8 Å². The van der Waals surface area contributed by atoms with Crippen LogP contribution in [0.1, 0.15) is 6.92 Å². The van der Waals surface area contributed by atoms with Crippen LogP contribution in [0.3, 0.4) is 0 Å². The maximum Gasteiger partial charge on any atom is 0.243 e. The summed E-state index contributed by atoms with van der Waals surface area (Å²) in [5, 5.41) is 12.2. The SMILES string of the molecule is CC1C(=O)NC(=O)CN1CC(O)COc1cccc(N)c1. The maximum absolute atomic E-state index is 11.5. The van der Waals surface area contributed by atoms with Crippen molar-refractivity contribution in [2.45, 2.75) is 19.1 Å². The number of imide groups is 1. The average Bonchev–Trinajstić information content (AvgIpc) is 2.42. The van der Waals surface area contributed by atoms with Crippen molar-refractivity contribution in [3.8, 4) is 5.75 Å². The summed E-state index contributed by atoms with van der Waals surface area (Å²) in [6.45, 7) is 2.01. The van der Waals surface area contributed by atoms with Gasteiger partial charge in [0.05, 0.1) is 12.6 Å². The second kappa shape index (κ2) is 6.55. The standard InChI is InChI=1S/C14H19N3O4/c1-9-14(20)16-13(19)7-17(9)6-11(18)8-21-12-4-2-3-10(15)5-12/h2-5,9,11,18H,6-8,15H2,1H3,(H,16,19,20). The van der Waals surface area contributed by atoms with Gasteiger partial charge in [-0.1, -0.05) is 6.07 Å². The second-order valence-corrected chi connectivity index (χ2v) is 5.06. The highest BCUT2D eigenvalue weighted by Crippen LogP contribution is 2.15. The van der Waals surface area contributed by atoms with E-state index < -0.39 is 12.1 Å². The Kier molecular flexibility index (Phi) is 4.77. The fourth-order valence-corrected chi connectivity index (χ4v) is 2.11. The smallest absolute Gasteiger partial charge is 0.243 e. The molecule has 0 aromatic heterocycles. The number of benzene rings is 1. The molecule has 1 fully saturated rings. The van der Waals surface area contributed by atoms with E-state index in [0.29, 0.717) is 11.4 Å². The lowest BCUT2D eigenvalue weighted by atomic mass is 10.2. The monoisotopic (exact) mass is 293 g/mol. The van der Waals surface area contributed by atoms with E-state index in [-0.39, 0.29) is 31.5 Å². The van der Waals surface area contributed by atoms with Gasteiger partial charge in [0.2, 0.25) is 11.8 Å². The first-order chi connectivity index (χ1) is 9.95. The number of nitrogens with one attached hydrogen (secondary N) is 1. The molecule has 114 valence electrons. The average molecular weight is 293 g/mol. The van der Waals surface area contributed by atoms with Gasteiger partial charge < -0.3 is 15.6 Å². The Morgan fingerprint density at radius 2 is 2.29 bits per heavy atom. The Labute approximate surface area is 122 Å². The van der Waals surface area contributed by atoms with Crippen LogP contribution in [-0.4, -0.2) is 53.7 Å². The molecule has 2 atom stereocenters. The van der Waals surface area contributed by atoms with Gasteiger partial charge in [-0.05, 0) is 19.1 Å². The van der Waals surface area contributed by atoms with E-state index in [9.17, 15) is 14.7 Å². The van der Waals surface area contributed by atoms with Crippen molar-refractivity contribution in [1.29, 1.82) is 0 Å². The summed E-state index contributed by atoms with van der Waals surface area (Å²) in [4.78, 5) is 24.5. The van der Waals surface area contributed by atoms with Gasteiger partial charge >= 0.3 is 0 Å². The van der Waals surface area contributed by atoms with Crippen LogP contribution in [0.4, 0.5) is 5.69 Å². The van der Waals surface area contributed by atoms with Crippen LogP contribution in [0.5, 0.6) is 5.75 Å². The molecule has 1 aromatic carbocycles. The van der Waals surface area contributed by atoms with E-state index in [4.69, 9.17) is 10.5 Å². The predicted molar refractivity (Wildman–Crippen MR) is 76.5 cm³/mol. The van der Waals surface area contributed by atoms with Crippen molar-refractivity contribution in [2.75, 3.05) is 25.4 Å². The number of piperazine rings is 1. The third-order valence-corrected chi connectivity index (χ3v) is 3.28. The van der Waals surface area contributed by atoms with Gasteiger partial charge in [0.15, 0.2) is 0 Å². The van der Waals surface area contributed by atoms with E-state index >= 15 is 0 Å². The van der Waals surface area contributed by atoms with Crippen molar-refractivity contribution < 1.29 is 19.4 Å². The van der Waals surface area contributed by atoms with Crippen LogP contribution < -0.4 is 15.8 Å². The fraction of sp³-hybridized carbons (Fsp3) is 0.429. The zero-order chi connectivity index (χ0) is 15.4. The number of nitrogens with zero attached hydrogens (tertiary/aromatic N) is 1.